The Hall–Kier alpha value is -1.06. The van der Waals surface area contributed by atoms with Crippen molar-refractivity contribution in [3.8, 4) is 5.75 Å². The quantitative estimate of drug-likeness (QED) is 0.777. The number of benzene rings is 1. The van der Waals surface area contributed by atoms with Crippen molar-refractivity contribution in [2.45, 2.75) is 19.6 Å². The molecule has 1 aromatic rings. The van der Waals surface area contributed by atoms with Gasteiger partial charge in [-0.2, -0.15) is 0 Å². The van der Waals surface area contributed by atoms with Crippen LogP contribution >= 0.6 is 0 Å². The van der Waals surface area contributed by atoms with Crippen LogP contribution in [0.15, 0.2) is 24.3 Å². The van der Waals surface area contributed by atoms with E-state index in [1.807, 2.05) is 24.3 Å². The van der Waals surface area contributed by atoms with Crippen LogP contribution in [0.5, 0.6) is 5.75 Å². The number of hydrogen-bond acceptors (Lipinski definition) is 3. The zero-order valence-corrected chi connectivity index (χ0v) is 8.56. The molecule has 1 N–H and O–H groups in total. The second kappa shape index (κ2) is 5.62. The number of rotatable bonds is 5. The molecule has 0 aliphatic carbocycles. The van der Waals surface area contributed by atoms with Crippen LogP contribution in [0.4, 0.5) is 0 Å². The van der Waals surface area contributed by atoms with Crippen molar-refractivity contribution in [3.05, 3.63) is 29.8 Å². The Labute approximate surface area is 84.3 Å². The van der Waals surface area contributed by atoms with Crippen molar-refractivity contribution in [2.75, 3.05) is 13.7 Å². The molecule has 0 aromatic heterocycles. The third-order valence-electron chi connectivity index (χ3n) is 1.73. The Morgan fingerprint density at radius 3 is 2.43 bits per heavy atom. The topological polar surface area (TPSA) is 38.7 Å². The van der Waals surface area contributed by atoms with Gasteiger partial charge in [0, 0.05) is 7.11 Å². The molecule has 3 nitrogen and oxygen atoms in total. The summed E-state index contributed by atoms with van der Waals surface area (Å²) in [5.41, 5.74) is 1.11. The van der Waals surface area contributed by atoms with Crippen LogP contribution in [0, 0.1) is 0 Å². The first-order chi connectivity index (χ1) is 6.72. The van der Waals surface area contributed by atoms with Crippen LogP contribution in [0.25, 0.3) is 0 Å². The normalized spacial score (nSPS) is 12.5. The summed E-state index contributed by atoms with van der Waals surface area (Å²) in [6.07, 6.45) is -0.436. The zero-order valence-electron chi connectivity index (χ0n) is 8.56. The minimum absolute atomic E-state index is 0.323. The predicted octanol–water partition coefficient (Wildman–Crippen LogP) is 1.59. The van der Waals surface area contributed by atoms with Crippen LogP contribution < -0.4 is 4.74 Å². The number of ether oxygens (including phenoxy) is 2. The monoisotopic (exact) mass is 196 g/mol. The molecule has 0 saturated carbocycles. The molecule has 0 bridgehead atoms. The van der Waals surface area contributed by atoms with E-state index < -0.39 is 6.10 Å². The molecule has 0 saturated heterocycles. The molecule has 0 heterocycles. The van der Waals surface area contributed by atoms with Gasteiger partial charge in [-0.15, -0.1) is 0 Å². The molecular weight excluding hydrogens is 180 g/mol. The fourth-order valence-corrected chi connectivity index (χ4v) is 1.07. The summed E-state index contributed by atoms with van der Waals surface area (Å²) in [4.78, 5) is 0. The minimum Gasteiger partial charge on any atom is -0.491 e. The van der Waals surface area contributed by atoms with Gasteiger partial charge >= 0.3 is 0 Å². The number of aliphatic hydroxyl groups excluding tert-OH is 1. The lowest BCUT2D eigenvalue weighted by Crippen LogP contribution is -2.12. The predicted molar refractivity (Wildman–Crippen MR) is 54.3 cm³/mol. The van der Waals surface area contributed by atoms with Crippen molar-refractivity contribution >= 4 is 0 Å². The third-order valence-corrected chi connectivity index (χ3v) is 1.73. The van der Waals surface area contributed by atoms with Gasteiger partial charge in [0.15, 0.2) is 0 Å². The van der Waals surface area contributed by atoms with Gasteiger partial charge in [0.1, 0.15) is 12.4 Å². The molecule has 0 spiro atoms. The van der Waals surface area contributed by atoms with E-state index in [-0.39, 0.29) is 0 Å². The van der Waals surface area contributed by atoms with E-state index in [4.69, 9.17) is 14.6 Å². The summed E-state index contributed by atoms with van der Waals surface area (Å²) >= 11 is 0. The van der Waals surface area contributed by atoms with Crippen LogP contribution in [0.1, 0.15) is 12.5 Å². The Balaban J connectivity index is 2.46. The number of aliphatic hydroxyl groups is 1. The molecule has 0 aliphatic rings. The summed E-state index contributed by atoms with van der Waals surface area (Å²) in [6.45, 7) is 2.62. The third kappa shape index (κ3) is 3.77. The Morgan fingerprint density at radius 2 is 1.93 bits per heavy atom. The first-order valence-corrected chi connectivity index (χ1v) is 4.61. The van der Waals surface area contributed by atoms with E-state index in [0.717, 1.165) is 11.3 Å². The van der Waals surface area contributed by atoms with Crippen LogP contribution in [-0.2, 0) is 11.3 Å². The van der Waals surface area contributed by atoms with Crippen molar-refractivity contribution in [1.29, 1.82) is 0 Å². The maximum absolute atomic E-state index is 9.01. The van der Waals surface area contributed by atoms with E-state index >= 15 is 0 Å². The molecule has 1 aromatic carbocycles. The van der Waals surface area contributed by atoms with Gasteiger partial charge in [-0.25, -0.2) is 0 Å². The highest BCUT2D eigenvalue weighted by atomic mass is 16.5. The Bertz CT molecular complexity index is 254. The Morgan fingerprint density at radius 1 is 1.29 bits per heavy atom. The highest BCUT2D eigenvalue weighted by Gasteiger charge is 1.98. The first-order valence-electron chi connectivity index (χ1n) is 4.61. The maximum Gasteiger partial charge on any atom is 0.119 e. The second-order valence-corrected chi connectivity index (χ2v) is 3.24. The lowest BCUT2D eigenvalue weighted by Gasteiger charge is -2.08. The molecule has 14 heavy (non-hydrogen) atoms. The van der Waals surface area contributed by atoms with Gasteiger partial charge < -0.3 is 14.6 Å². The van der Waals surface area contributed by atoms with Crippen LogP contribution in [0.2, 0.25) is 0 Å². The molecule has 1 unspecified atom stereocenters. The summed E-state index contributed by atoms with van der Waals surface area (Å²) < 4.78 is 10.3. The van der Waals surface area contributed by atoms with Crippen molar-refractivity contribution in [1.82, 2.24) is 0 Å². The van der Waals surface area contributed by atoms with Crippen molar-refractivity contribution in [3.63, 3.8) is 0 Å². The highest BCUT2D eigenvalue weighted by Crippen LogP contribution is 2.12. The summed E-state index contributed by atoms with van der Waals surface area (Å²) in [6, 6.07) is 7.63. The number of hydrogen-bond donors (Lipinski definition) is 1. The van der Waals surface area contributed by atoms with Gasteiger partial charge in [-0.1, -0.05) is 12.1 Å². The van der Waals surface area contributed by atoms with Gasteiger partial charge in [0.05, 0.1) is 12.7 Å². The average Bonchev–Trinajstić information content (AvgIpc) is 2.17. The van der Waals surface area contributed by atoms with E-state index in [9.17, 15) is 0 Å². The molecule has 0 fully saturated rings. The van der Waals surface area contributed by atoms with Gasteiger partial charge in [-0.3, -0.25) is 0 Å². The maximum atomic E-state index is 9.01. The molecular formula is C11H16O3. The lowest BCUT2D eigenvalue weighted by molar-refractivity contribution is 0.122. The van der Waals surface area contributed by atoms with E-state index in [0.29, 0.717) is 13.2 Å². The Kier molecular flexibility index (Phi) is 4.43. The molecule has 3 heteroatoms. The fourth-order valence-electron chi connectivity index (χ4n) is 1.07. The SMILES string of the molecule is COCc1ccc(OCC(C)O)cc1. The summed E-state index contributed by atoms with van der Waals surface area (Å²) in [7, 11) is 1.66. The summed E-state index contributed by atoms with van der Waals surface area (Å²) in [5, 5.41) is 9.01. The average molecular weight is 196 g/mol. The largest absolute Gasteiger partial charge is 0.491 e. The molecule has 1 rings (SSSR count). The lowest BCUT2D eigenvalue weighted by atomic mass is 10.2. The number of methoxy groups -OCH3 is 1. The van der Waals surface area contributed by atoms with Crippen LogP contribution in [-0.4, -0.2) is 24.9 Å². The summed E-state index contributed by atoms with van der Waals surface area (Å²) in [5.74, 6) is 0.769. The fraction of sp³-hybridized carbons (Fsp3) is 0.455. The molecule has 0 radical (unpaired) electrons. The first kappa shape index (κ1) is 11.0. The van der Waals surface area contributed by atoms with Crippen LogP contribution in [0.3, 0.4) is 0 Å². The molecule has 0 aliphatic heterocycles. The highest BCUT2D eigenvalue weighted by molar-refractivity contribution is 5.26. The standard InChI is InChI=1S/C11H16O3/c1-9(12)7-14-11-5-3-10(4-6-11)8-13-2/h3-6,9,12H,7-8H2,1-2H3. The van der Waals surface area contributed by atoms with Crippen molar-refractivity contribution < 1.29 is 14.6 Å². The zero-order chi connectivity index (χ0) is 10.4. The van der Waals surface area contributed by atoms with Gasteiger partial charge in [-0.05, 0) is 24.6 Å². The second-order valence-electron chi connectivity index (χ2n) is 3.24. The minimum atomic E-state index is -0.436. The van der Waals surface area contributed by atoms with Gasteiger partial charge in [0.25, 0.3) is 0 Å². The van der Waals surface area contributed by atoms with Gasteiger partial charge in [0.2, 0.25) is 0 Å². The molecule has 1 atom stereocenters. The molecule has 0 amide bonds. The van der Waals surface area contributed by atoms with E-state index in [1.54, 1.807) is 14.0 Å². The van der Waals surface area contributed by atoms with E-state index in [1.165, 1.54) is 0 Å². The smallest absolute Gasteiger partial charge is 0.119 e. The molecule has 78 valence electrons. The van der Waals surface area contributed by atoms with E-state index in [2.05, 4.69) is 0 Å². The van der Waals surface area contributed by atoms with Crippen molar-refractivity contribution in [2.24, 2.45) is 0 Å².